The predicted molar refractivity (Wildman–Crippen MR) is 102 cm³/mol. The molecule has 2 aromatic rings. The van der Waals surface area contributed by atoms with Crippen LogP contribution in [0.3, 0.4) is 0 Å². The Morgan fingerprint density at radius 2 is 2.00 bits per heavy atom. The molecule has 140 valence electrons. The average molecular weight is 386 g/mol. The molecule has 27 heavy (non-hydrogen) atoms. The van der Waals surface area contributed by atoms with E-state index in [1.54, 1.807) is 11.3 Å². The number of hydrogen-bond donors (Lipinski definition) is 1. The molecule has 0 radical (unpaired) electrons. The van der Waals surface area contributed by atoms with E-state index in [2.05, 4.69) is 5.10 Å². The molecule has 1 aliphatic heterocycles. The van der Waals surface area contributed by atoms with Gasteiger partial charge in [0, 0.05) is 19.0 Å². The summed E-state index contributed by atoms with van der Waals surface area (Å²) in [5, 5.41) is 9.82. The Kier molecular flexibility index (Phi) is 4.65. The van der Waals surface area contributed by atoms with Crippen molar-refractivity contribution < 1.29 is 14.0 Å². The number of carbonyl (C=O) groups is 2. The van der Waals surface area contributed by atoms with Crippen molar-refractivity contribution >= 4 is 34.6 Å². The van der Waals surface area contributed by atoms with Crippen LogP contribution in [0, 0.1) is 5.82 Å². The van der Waals surface area contributed by atoms with Gasteiger partial charge in [-0.1, -0.05) is 0 Å². The Balaban J connectivity index is 1.59. The van der Waals surface area contributed by atoms with Crippen LogP contribution in [0.25, 0.3) is 0 Å². The highest BCUT2D eigenvalue weighted by Gasteiger charge is 2.40. The van der Waals surface area contributed by atoms with E-state index in [4.69, 9.17) is 5.73 Å². The van der Waals surface area contributed by atoms with Gasteiger partial charge >= 0.3 is 0 Å². The minimum absolute atomic E-state index is 0.151. The third-order valence-electron chi connectivity index (χ3n) is 4.76. The van der Waals surface area contributed by atoms with Gasteiger partial charge < -0.3 is 10.6 Å². The van der Waals surface area contributed by atoms with Crippen LogP contribution in [-0.4, -0.2) is 34.5 Å². The third-order valence-corrected chi connectivity index (χ3v) is 5.49. The maximum absolute atomic E-state index is 13.2. The van der Waals surface area contributed by atoms with Gasteiger partial charge in [0.25, 0.3) is 5.91 Å². The highest BCUT2D eigenvalue weighted by Crippen LogP contribution is 2.31. The fourth-order valence-electron chi connectivity index (χ4n) is 3.19. The van der Waals surface area contributed by atoms with E-state index < -0.39 is 11.9 Å². The molecule has 6 nitrogen and oxygen atoms in total. The molecule has 1 saturated carbocycles. The summed E-state index contributed by atoms with van der Waals surface area (Å²) in [6.45, 7) is 0.532. The topological polar surface area (TPSA) is 79.0 Å². The summed E-state index contributed by atoms with van der Waals surface area (Å²) in [5.74, 6) is -1.12. The molecule has 1 unspecified atom stereocenters. The number of hydrogen-bond acceptors (Lipinski definition) is 5. The van der Waals surface area contributed by atoms with Crippen molar-refractivity contribution in [1.82, 2.24) is 4.90 Å². The van der Waals surface area contributed by atoms with E-state index in [9.17, 15) is 14.0 Å². The van der Waals surface area contributed by atoms with Crippen LogP contribution in [-0.2, 0) is 16.1 Å². The van der Waals surface area contributed by atoms with Gasteiger partial charge in [-0.25, -0.2) is 4.39 Å². The highest BCUT2D eigenvalue weighted by atomic mass is 32.1. The smallest absolute Gasteiger partial charge is 0.270 e. The number of halogens is 1. The van der Waals surface area contributed by atoms with Crippen LogP contribution in [0.4, 0.5) is 10.1 Å². The normalized spacial score (nSPS) is 19.1. The number of carbonyl (C=O) groups excluding carboxylic acids is 2. The zero-order valence-electron chi connectivity index (χ0n) is 14.5. The molecule has 2 amide bonds. The fraction of sp³-hybridized carbons (Fsp3) is 0.316. The molecule has 1 fully saturated rings. The van der Waals surface area contributed by atoms with Crippen LogP contribution in [0.1, 0.15) is 24.8 Å². The molecule has 1 aromatic heterocycles. The summed E-state index contributed by atoms with van der Waals surface area (Å²) in [6, 6.07) is 7.08. The number of anilines is 1. The average Bonchev–Trinajstić information content (AvgIpc) is 3.18. The summed E-state index contributed by atoms with van der Waals surface area (Å²) in [5.41, 5.74) is 7.45. The van der Waals surface area contributed by atoms with E-state index in [1.807, 2.05) is 21.7 Å². The molecule has 0 bridgehead atoms. The summed E-state index contributed by atoms with van der Waals surface area (Å²) in [6.07, 6.45) is 2.10. The summed E-state index contributed by atoms with van der Waals surface area (Å²) in [7, 11) is 0. The van der Waals surface area contributed by atoms with Gasteiger partial charge in [0.05, 0.1) is 5.69 Å². The van der Waals surface area contributed by atoms with Crippen LogP contribution in [0.5, 0.6) is 0 Å². The quantitative estimate of drug-likeness (QED) is 0.828. The SMILES string of the molecule is NC(=O)C1CC(C(=O)N(Cc2ccsc2)C2CC2)=NN1c1ccc(F)cc1. The van der Waals surface area contributed by atoms with Gasteiger partial charge in [-0.3, -0.25) is 14.6 Å². The van der Waals surface area contributed by atoms with Crippen LogP contribution < -0.4 is 10.7 Å². The van der Waals surface area contributed by atoms with Crippen LogP contribution >= 0.6 is 11.3 Å². The van der Waals surface area contributed by atoms with Crippen molar-refractivity contribution in [3.05, 3.63) is 52.5 Å². The van der Waals surface area contributed by atoms with E-state index >= 15 is 0 Å². The zero-order chi connectivity index (χ0) is 19.0. The van der Waals surface area contributed by atoms with Crippen molar-refractivity contribution in [3.63, 3.8) is 0 Å². The Hall–Kier alpha value is -2.74. The van der Waals surface area contributed by atoms with Gasteiger partial charge in [-0.2, -0.15) is 16.4 Å². The molecule has 0 saturated heterocycles. The standard InChI is InChI=1S/C19H19FN4O2S/c20-13-1-3-15(4-2-13)24-17(18(21)25)9-16(22-24)19(26)23(14-5-6-14)10-12-7-8-27-11-12/h1-4,7-8,11,14,17H,5-6,9-10H2,(H2,21,25). The lowest BCUT2D eigenvalue weighted by Crippen LogP contribution is -2.40. The highest BCUT2D eigenvalue weighted by molar-refractivity contribution is 7.07. The van der Waals surface area contributed by atoms with Gasteiger partial charge in [0.2, 0.25) is 5.91 Å². The van der Waals surface area contributed by atoms with Crippen molar-refractivity contribution in [2.24, 2.45) is 10.8 Å². The van der Waals surface area contributed by atoms with Crippen LogP contribution in [0.2, 0.25) is 0 Å². The number of amides is 2. The second kappa shape index (κ2) is 7.11. The first-order chi connectivity index (χ1) is 13.0. The van der Waals surface area contributed by atoms with Crippen LogP contribution in [0.15, 0.2) is 46.2 Å². The Morgan fingerprint density at radius 1 is 1.26 bits per heavy atom. The molecule has 2 heterocycles. The lowest BCUT2D eigenvalue weighted by molar-refractivity contribution is -0.125. The maximum atomic E-state index is 13.2. The number of thiophene rings is 1. The first-order valence-electron chi connectivity index (χ1n) is 8.76. The molecule has 2 aliphatic rings. The fourth-order valence-corrected chi connectivity index (χ4v) is 3.85. The van der Waals surface area contributed by atoms with Gasteiger partial charge in [0.15, 0.2) is 0 Å². The number of primary amides is 1. The largest absolute Gasteiger partial charge is 0.368 e. The number of nitrogens with zero attached hydrogens (tertiary/aromatic N) is 3. The van der Waals surface area contributed by atoms with Gasteiger partial charge in [0.1, 0.15) is 17.6 Å². The number of rotatable bonds is 6. The molecule has 2 N–H and O–H groups in total. The molecule has 0 spiro atoms. The molecular formula is C19H19FN4O2S. The molecule has 8 heteroatoms. The Morgan fingerprint density at radius 3 is 2.59 bits per heavy atom. The number of benzene rings is 1. The first kappa shape index (κ1) is 17.7. The molecule has 4 rings (SSSR count). The second-order valence-corrected chi connectivity index (χ2v) is 7.57. The van der Waals surface area contributed by atoms with E-state index in [-0.39, 0.29) is 24.2 Å². The molecule has 1 aromatic carbocycles. The van der Waals surface area contributed by atoms with Crippen molar-refractivity contribution in [2.45, 2.75) is 37.9 Å². The number of nitrogens with two attached hydrogens (primary N) is 1. The lowest BCUT2D eigenvalue weighted by atomic mass is 10.1. The van der Waals surface area contributed by atoms with Gasteiger partial charge in [-0.05, 0) is 59.5 Å². The lowest BCUT2D eigenvalue weighted by Gasteiger charge is -2.21. The Bertz CT molecular complexity index is 878. The minimum atomic E-state index is -0.753. The molecule has 1 atom stereocenters. The summed E-state index contributed by atoms with van der Waals surface area (Å²) in [4.78, 5) is 26.8. The summed E-state index contributed by atoms with van der Waals surface area (Å²) >= 11 is 1.59. The second-order valence-electron chi connectivity index (χ2n) is 6.79. The maximum Gasteiger partial charge on any atom is 0.270 e. The van der Waals surface area contributed by atoms with E-state index in [0.29, 0.717) is 17.9 Å². The van der Waals surface area contributed by atoms with E-state index in [0.717, 1.165) is 18.4 Å². The predicted octanol–water partition coefficient (Wildman–Crippen LogP) is 2.50. The molecular weight excluding hydrogens is 367 g/mol. The third kappa shape index (κ3) is 3.71. The van der Waals surface area contributed by atoms with Crippen molar-refractivity contribution in [2.75, 3.05) is 5.01 Å². The Labute approximate surface area is 160 Å². The zero-order valence-corrected chi connectivity index (χ0v) is 15.4. The van der Waals surface area contributed by atoms with E-state index in [1.165, 1.54) is 29.3 Å². The number of hydrazone groups is 1. The van der Waals surface area contributed by atoms with Crippen molar-refractivity contribution in [3.8, 4) is 0 Å². The minimum Gasteiger partial charge on any atom is -0.368 e. The first-order valence-corrected chi connectivity index (χ1v) is 9.71. The van der Waals surface area contributed by atoms with Gasteiger partial charge in [-0.15, -0.1) is 0 Å². The monoisotopic (exact) mass is 386 g/mol. The molecule has 1 aliphatic carbocycles. The summed E-state index contributed by atoms with van der Waals surface area (Å²) < 4.78 is 13.2. The van der Waals surface area contributed by atoms with Crippen molar-refractivity contribution in [1.29, 1.82) is 0 Å².